The second-order valence-electron chi connectivity index (χ2n) is 5.33. The molecular formula is C17H18O3S. The van der Waals surface area contributed by atoms with Crippen molar-refractivity contribution in [3.8, 4) is 0 Å². The van der Waals surface area contributed by atoms with Crippen LogP contribution < -0.4 is 0 Å². The van der Waals surface area contributed by atoms with Crippen molar-refractivity contribution in [2.75, 3.05) is 6.26 Å². The number of aryl methyl sites for hydroxylation is 2. The second-order valence-corrected chi connectivity index (χ2v) is 7.34. The highest BCUT2D eigenvalue weighted by Crippen LogP contribution is 2.16. The van der Waals surface area contributed by atoms with Crippen molar-refractivity contribution in [3.05, 3.63) is 64.7 Å². The van der Waals surface area contributed by atoms with Gasteiger partial charge in [0.2, 0.25) is 0 Å². The lowest BCUT2D eigenvalue weighted by Gasteiger charge is -2.07. The molecular weight excluding hydrogens is 284 g/mol. The Hall–Kier alpha value is -1.94. The van der Waals surface area contributed by atoms with Crippen LogP contribution in [0.1, 0.15) is 27.0 Å². The fraction of sp³-hybridized carbons (Fsp3) is 0.235. The molecule has 0 aliphatic carbocycles. The van der Waals surface area contributed by atoms with Crippen molar-refractivity contribution in [3.63, 3.8) is 0 Å². The second kappa shape index (κ2) is 5.82. The van der Waals surface area contributed by atoms with Crippen LogP contribution in [-0.4, -0.2) is 20.5 Å². The van der Waals surface area contributed by atoms with Crippen LogP contribution in [0.15, 0.2) is 47.4 Å². The first-order valence-electron chi connectivity index (χ1n) is 6.67. The first kappa shape index (κ1) is 15.4. The van der Waals surface area contributed by atoms with E-state index in [0.717, 1.165) is 22.9 Å². The van der Waals surface area contributed by atoms with Crippen molar-refractivity contribution in [1.82, 2.24) is 0 Å². The molecule has 0 N–H and O–H groups in total. The molecule has 0 fully saturated rings. The lowest BCUT2D eigenvalue weighted by molar-refractivity contribution is 0.0992. The summed E-state index contributed by atoms with van der Waals surface area (Å²) in [5.74, 6) is -0.0104. The minimum atomic E-state index is -3.23. The van der Waals surface area contributed by atoms with Crippen LogP contribution in [-0.2, 0) is 16.3 Å². The summed E-state index contributed by atoms with van der Waals surface area (Å²) in [4.78, 5) is 12.5. The largest absolute Gasteiger partial charge is 0.294 e. The van der Waals surface area contributed by atoms with Crippen LogP contribution in [0.3, 0.4) is 0 Å². The van der Waals surface area contributed by atoms with Gasteiger partial charge in [-0.05, 0) is 37.1 Å². The highest BCUT2D eigenvalue weighted by molar-refractivity contribution is 7.90. The Morgan fingerprint density at radius 1 is 1.00 bits per heavy atom. The number of hydrogen-bond acceptors (Lipinski definition) is 3. The van der Waals surface area contributed by atoms with Crippen molar-refractivity contribution < 1.29 is 13.2 Å². The maximum absolute atomic E-state index is 12.3. The van der Waals surface area contributed by atoms with E-state index in [-0.39, 0.29) is 10.7 Å². The minimum Gasteiger partial charge on any atom is -0.294 e. The molecule has 0 amide bonds. The molecule has 0 heterocycles. The molecule has 0 saturated heterocycles. The molecule has 0 radical (unpaired) electrons. The van der Waals surface area contributed by atoms with Crippen LogP contribution in [0.5, 0.6) is 0 Å². The van der Waals surface area contributed by atoms with Gasteiger partial charge in [-0.2, -0.15) is 0 Å². The predicted octanol–water partition coefficient (Wildman–Crippen LogP) is 3.13. The van der Waals surface area contributed by atoms with Gasteiger partial charge in [0.1, 0.15) is 0 Å². The highest BCUT2D eigenvalue weighted by Gasteiger charge is 2.11. The van der Waals surface area contributed by atoms with Crippen molar-refractivity contribution in [2.45, 2.75) is 25.2 Å². The predicted molar refractivity (Wildman–Crippen MR) is 83.5 cm³/mol. The van der Waals surface area contributed by atoms with Crippen molar-refractivity contribution >= 4 is 15.6 Å². The van der Waals surface area contributed by atoms with E-state index in [4.69, 9.17) is 0 Å². The number of benzene rings is 2. The van der Waals surface area contributed by atoms with Crippen LogP contribution in [0.2, 0.25) is 0 Å². The molecule has 0 atom stereocenters. The minimum absolute atomic E-state index is 0.0104. The van der Waals surface area contributed by atoms with Gasteiger partial charge in [-0.1, -0.05) is 35.9 Å². The number of hydrogen-bond donors (Lipinski definition) is 0. The first-order valence-corrected chi connectivity index (χ1v) is 8.56. The van der Waals surface area contributed by atoms with Crippen molar-refractivity contribution in [1.29, 1.82) is 0 Å². The van der Waals surface area contributed by atoms with Gasteiger partial charge in [-0.15, -0.1) is 0 Å². The molecule has 110 valence electrons. The molecule has 0 bridgehead atoms. The summed E-state index contributed by atoms with van der Waals surface area (Å²) in [6, 6.07) is 12.1. The fourth-order valence-corrected chi connectivity index (χ4v) is 2.78. The molecule has 21 heavy (non-hydrogen) atoms. The van der Waals surface area contributed by atoms with Gasteiger partial charge in [0.25, 0.3) is 0 Å². The molecule has 0 spiro atoms. The number of carbonyl (C=O) groups is 1. The van der Waals surface area contributed by atoms with Gasteiger partial charge in [0, 0.05) is 18.2 Å². The average Bonchev–Trinajstić information content (AvgIpc) is 2.42. The molecule has 3 nitrogen and oxygen atoms in total. The van der Waals surface area contributed by atoms with Gasteiger partial charge in [-0.3, -0.25) is 4.79 Å². The Labute approximate surface area is 125 Å². The first-order chi connectivity index (χ1) is 9.77. The van der Waals surface area contributed by atoms with E-state index in [2.05, 4.69) is 0 Å². The Kier molecular flexibility index (Phi) is 4.28. The van der Waals surface area contributed by atoms with E-state index in [1.165, 1.54) is 12.1 Å². The van der Waals surface area contributed by atoms with Crippen molar-refractivity contribution in [2.24, 2.45) is 0 Å². The maximum atomic E-state index is 12.3. The third-order valence-electron chi connectivity index (χ3n) is 3.46. The van der Waals surface area contributed by atoms with Gasteiger partial charge in [-0.25, -0.2) is 8.42 Å². The highest BCUT2D eigenvalue weighted by atomic mass is 32.2. The summed E-state index contributed by atoms with van der Waals surface area (Å²) < 4.78 is 22.8. The lowest BCUT2D eigenvalue weighted by Crippen LogP contribution is -2.06. The van der Waals surface area contributed by atoms with Crippen LogP contribution in [0.4, 0.5) is 0 Å². The van der Waals surface area contributed by atoms with Crippen LogP contribution in [0.25, 0.3) is 0 Å². The van der Waals surface area contributed by atoms with Gasteiger partial charge in [0.05, 0.1) is 4.90 Å². The maximum Gasteiger partial charge on any atom is 0.175 e. The third kappa shape index (κ3) is 3.79. The number of rotatable bonds is 4. The molecule has 0 unspecified atom stereocenters. The summed E-state index contributed by atoms with van der Waals surface area (Å²) in [5.41, 5.74) is 3.74. The van der Waals surface area contributed by atoms with E-state index < -0.39 is 9.84 Å². The molecule has 2 rings (SSSR count). The zero-order valence-electron chi connectivity index (χ0n) is 12.4. The molecule has 0 saturated carbocycles. The summed E-state index contributed by atoms with van der Waals surface area (Å²) in [6.07, 6.45) is 1.48. The van der Waals surface area contributed by atoms with E-state index in [1.807, 2.05) is 32.0 Å². The Bertz CT molecular complexity index is 772. The van der Waals surface area contributed by atoms with Crippen LogP contribution >= 0.6 is 0 Å². The molecule has 2 aromatic rings. The number of sulfone groups is 1. The van der Waals surface area contributed by atoms with E-state index >= 15 is 0 Å². The Morgan fingerprint density at radius 2 is 1.62 bits per heavy atom. The smallest absolute Gasteiger partial charge is 0.175 e. The van der Waals surface area contributed by atoms with Gasteiger partial charge >= 0.3 is 0 Å². The summed E-state index contributed by atoms with van der Waals surface area (Å²) in [7, 11) is -3.23. The Morgan fingerprint density at radius 3 is 2.19 bits per heavy atom. The SMILES string of the molecule is Cc1ccc(C)c(CC(=O)c2ccc(S(C)(=O)=O)cc2)c1. The Balaban J connectivity index is 2.23. The third-order valence-corrected chi connectivity index (χ3v) is 4.59. The van der Waals surface area contributed by atoms with E-state index in [9.17, 15) is 13.2 Å². The number of Topliss-reactive ketones (excluding diaryl/α,β-unsaturated/α-hetero) is 1. The quantitative estimate of drug-likeness (QED) is 0.815. The molecule has 0 aromatic heterocycles. The number of ketones is 1. The normalized spacial score (nSPS) is 11.4. The molecule has 0 aliphatic rings. The van der Waals surface area contributed by atoms with Gasteiger partial charge in [0.15, 0.2) is 15.6 Å². The monoisotopic (exact) mass is 302 g/mol. The summed E-state index contributed by atoms with van der Waals surface area (Å²) in [5, 5.41) is 0. The fourth-order valence-electron chi connectivity index (χ4n) is 2.15. The lowest BCUT2D eigenvalue weighted by atomic mass is 9.98. The molecule has 2 aromatic carbocycles. The number of carbonyl (C=O) groups excluding carboxylic acids is 1. The van der Waals surface area contributed by atoms with E-state index in [1.54, 1.807) is 12.1 Å². The molecule has 4 heteroatoms. The zero-order valence-corrected chi connectivity index (χ0v) is 13.2. The average molecular weight is 302 g/mol. The van der Waals surface area contributed by atoms with Gasteiger partial charge < -0.3 is 0 Å². The topological polar surface area (TPSA) is 51.2 Å². The standard InChI is InChI=1S/C17H18O3S/c1-12-4-5-13(2)15(10-12)11-17(18)14-6-8-16(9-7-14)21(3,19)20/h4-10H,11H2,1-3H3. The van der Waals surface area contributed by atoms with E-state index in [0.29, 0.717) is 12.0 Å². The summed E-state index contributed by atoms with van der Waals surface area (Å²) in [6.45, 7) is 3.98. The molecule has 0 aliphatic heterocycles. The van der Waals surface area contributed by atoms with Crippen LogP contribution in [0, 0.1) is 13.8 Å². The zero-order chi connectivity index (χ0) is 15.6. The summed E-state index contributed by atoms with van der Waals surface area (Å²) >= 11 is 0.